The molecular formula is C12H10ClFN2O2S. The molecule has 0 aliphatic carbocycles. The number of nitrogens with zero attached hydrogens (tertiary/aromatic N) is 1. The smallest absolute Gasteiger partial charge is 0.303 e. The third-order valence-corrected chi connectivity index (χ3v) is 3.43. The summed E-state index contributed by atoms with van der Waals surface area (Å²) in [5.74, 6) is -1.36. The molecule has 0 unspecified atom stereocenters. The minimum absolute atomic E-state index is 0.0404. The van der Waals surface area contributed by atoms with Crippen molar-refractivity contribution in [2.45, 2.75) is 12.8 Å². The largest absolute Gasteiger partial charge is 0.481 e. The SMILES string of the molecule is O=C(O)CCc1csc(Nc2ccc(Cl)c(F)c2)n1. The fourth-order valence-corrected chi connectivity index (χ4v) is 2.29. The molecule has 1 aromatic heterocycles. The van der Waals surface area contributed by atoms with Crippen molar-refractivity contribution in [3.63, 3.8) is 0 Å². The van der Waals surface area contributed by atoms with Gasteiger partial charge < -0.3 is 10.4 Å². The van der Waals surface area contributed by atoms with Crippen molar-refractivity contribution in [1.82, 2.24) is 4.98 Å². The van der Waals surface area contributed by atoms with Gasteiger partial charge >= 0.3 is 5.97 Å². The lowest BCUT2D eigenvalue weighted by atomic mass is 10.2. The summed E-state index contributed by atoms with van der Waals surface area (Å²) >= 11 is 6.92. The molecule has 2 N–H and O–H groups in total. The number of carboxylic acids is 1. The van der Waals surface area contributed by atoms with Crippen molar-refractivity contribution in [2.24, 2.45) is 0 Å². The maximum Gasteiger partial charge on any atom is 0.303 e. The number of benzene rings is 1. The Bertz CT molecular complexity index is 603. The fourth-order valence-electron chi connectivity index (χ4n) is 1.41. The Balaban J connectivity index is 2.02. The maximum atomic E-state index is 13.2. The second-order valence-electron chi connectivity index (χ2n) is 3.79. The van der Waals surface area contributed by atoms with Crippen LogP contribution in [0.3, 0.4) is 0 Å². The standard InChI is InChI=1S/C12H10ClFN2O2S/c13-9-3-1-7(5-10(9)14)15-12-16-8(6-19-12)2-4-11(17)18/h1,3,5-6H,2,4H2,(H,15,16)(H,17,18). The van der Waals surface area contributed by atoms with E-state index in [4.69, 9.17) is 16.7 Å². The van der Waals surface area contributed by atoms with Gasteiger partial charge in [0.25, 0.3) is 0 Å². The van der Waals surface area contributed by atoms with E-state index in [9.17, 15) is 9.18 Å². The lowest BCUT2D eigenvalue weighted by Gasteiger charge is -2.03. The monoisotopic (exact) mass is 300 g/mol. The topological polar surface area (TPSA) is 62.2 Å². The summed E-state index contributed by atoms with van der Waals surface area (Å²) in [4.78, 5) is 14.7. The summed E-state index contributed by atoms with van der Waals surface area (Å²) in [5.41, 5.74) is 1.24. The number of hydrogen-bond acceptors (Lipinski definition) is 4. The number of rotatable bonds is 5. The lowest BCUT2D eigenvalue weighted by Crippen LogP contribution is -1.98. The van der Waals surface area contributed by atoms with Gasteiger partial charge in [0.1, 0.15) is 5.82 Å². The first kappa shape index (κ1) is 13.8. The van der Waals surface area contributed by atoms with Crippen LogP contribution < -0.4 is 5.32 Å². The number of aliphatic carboxylic acids is 1. The van der Waals surface area contributed by atoms with Crippen LogP contribution in [0.4, 0.5) is 15.2 Å². The molecule has 100 valence electrons. The molecule has 0 aliphatic heterocycles. The van der Waals surface area contributed by atoms with E-state index < -0.39 is 11.8 Å². The van der Waals surface area contributed by atoms with E-state index in [0.717, 1.165) is 0 Å². The first-order valence-corrected chi connectivity index (χ1v) is 6.68. The molecule has 0 saturated carbocycles. The minimum atomic E-state index is -0.859. The van der Waals surface area contributed by atoms with E-state index in [0.29, 0.717) is 22.9 Å². The van der Waals surface area contributed by atoms with Gasteiger partial charge in [0.15, 0.2) is 5.13 Å². The Labute approximate surface area is 117 Å². The van der Waals surface area contributed by atoms with Crippen LogP contribution in [0.2, 0.25) is 5.02 Å². The van der Waals surface area contributed by atoms with Crippen LogP contribution in [0.25, 0.3) is 0 Å². The third-order valence-electron chi connectivity index (χ3n) is 2.32. The van der Waals surface area contributed by atoms with Gasteiger partial charge in [-0.05, 0) is 18.2 Å². The van der Waals surface area contributed by atoms with Gasteiger partial charge in [-0.2, -0.15) is 0 Å². The van der Waals surface area contributed by atoms with E-state index in [1.807, 2.05) is 0 Å². The van der Waals surface area contributed by atoms with Crippen LogP contribution >= 0.6 is 22.9 Å². The number of thiazole rings is 1. The molecule has 19 heavy (non-hydrogen) atoms. The average molecular weight is 301 g/mol. The molecule has 0 saturated heterocycles. The van der Waals surface area contributed by atoms with Gasteiger partial charge in [-0.25, -0.2) is 9.37 Å². The second kappa shape index (κ2) is 5.99. The zero-order valence-corrected chi connectivity index (χ0v) is 11.3. The summed E-state index contributed by atoms with van der Waals surface area (Å²) in [6, 6.07) is 4.38. The van der Waals surface area contributed by atoms with Crippen LogP contribution in [0.15, 0.2) is 23.6 Å². The predicted octanol–water partition coefficient (Wildman–Crippen LogP) is 3.70. The molecule has 0 atom stereocenters. The third kappa shape index (κ3) is 3.90. The molecule has 0 bridgehead atoms. The summed E-state index contributed by atoms with van der Waals surface area (Å²) in [7, 11) is 0. The lowest BCUT2D eigenvalue weighted by molar-refractivity contribution is -0.136. The number of carboxylic acid groups (broad SMARTS) is 1. The van der Waals surface area contributed by atoms with Crippen LogP contribution in [-0.2, 0) is 11.2 Å². The highest BCUT2D eigenvalue weighted by atomic mass is 35.5. The van der Waals surface area contributed by atoms with Gasteiger partial charge in [0, 0.05) is 17.5 Å². The number of carbonyl (C=O) groups is 1. The number of aromatic nitrogens is 1. The number of nitrogens with one attached hydrogen (secondary N) is 1. The number of anilines is 2. The van der Waals surface area contributed by atoms with Crippen molar-refractivity contribution in [2.75, 3.05) is 5.32 Å². The zero-order valence-electron chi connectivity index (χ0n) is 9.69. The molecule has 0 fully saturated rings. The van der Waals surface area contributed by atoms with Gasteiger partial charge in [0.2, 0.25) is 0 Å². The van der Waals surface area contributed by atoms with Gasteiger partial charge in [-0.1, -0.05) is 11.6 Å². The van der Waals surface area contributed by atoms with Crippen LogP contribution in [0.5, 0.6) is 0 Å². The average Bonchev–Trinajstić information content (AvgIpc) is 2.79. The Kier molecular flexibility index (Phi) is 4.34. The first-order chi connectivity index (χ1) is 9.04. The quantitative estimate of drug-likeness (QED) is 0.884. The van der Waals surface area contributed by atoms with E-state index in [-0.39, 0.29) is 11.4 Å². The molecule has 1 aromatic carbocycles. The normalized spacial score (nSPS) is 10.4. The Hall–Kier alpha value is -1.66. The van der Waals surface area contributed by atoms with Crippen molar-refractivity contribution < 1.29 is 14.3 Å². The number of halogens is 2. The van der Waals surface area contributed by atoms with Crippen molar-refractivity contribution in [1.29, 1.82) is 0 Å². The zero-order chi connectivity index (χ0) is 13.8. The van der Waals surface area contributed by atoms with Crippen molar-refractivity contribution >= 4 is 39.7 Å². The number of aryl methyl sites for hydroxylation is 1. The summed E-state index contributed by atoms with van der Waals surface area (Å²) in [6.07, 6.45) is 0.418. The van der Waals surface area contributed by atoms with E-state index in [1.165, 1.54) is 23.5 Å². The van der Waals surface area contributed by atoms with Crippen molar-refractivity contribution in [3.8, 4) is 0 Å². The van der Waals surface area contributed by atoms with Gasteiger partial charge in [-0.15, -0.1) is 11.3 Å². The fraction of sp³-hybridized carbons (Fsp3) is 0.167. The Morgan fingerprint density at radius 3 is 3.00 bits per heavy atom. The maximum absolute atomic E-state index is 13.2. The molecule has 2 rings (SSSR count). The van der Waals surface area contributed by atoms with E-state index in [1.54, 1.807) is 11.4 Å². The molecule has 2 aromatic rings. The highest BCUT2D eigenvalue weighted by Gasteiger charge is 2.06. The molecule has 0 radical (unpaired) electrons. The van der Waals surface area contributed by atoms with Crippen molar-refractivity contribution in [3.05, 3.63) is 40.1 Å². The first-order valence-electron chi connectivity index (χ1n) is 5.43. The second-order valence-corrected chi connectivity index (χ2v) is 5.06. The molecule has 0 amide bonds. The summed E-state index contributed by atoms with van der Waals surface area (Å²) in [5, 5.41) is 13.9. The van der Waals surface area contributed by atoms with Crippen LogP contribution in [0, 0.1) is 5.82 Å². The summed E-state index contributed by atoms with van der Waals surface area (Å²) in [6.45, 7) is 0. The Morgan fingerprint density at radius 1 is 1.53 bits per heavy atom. The van der Waals surface area contributed by atoms with Gasteiger partial charge in [-0.3, -0.25) is 4.79 Å². The Morgan fingerprint density at radius 2 is 2.32 bits per heavy atom. The van der Waals surface area contributed by atoms with Gasteiger partial charge in [0.05, 0.1) is 17.1 Å². The predicted molar refractivity (Wildman–Crippen MR) is 72.8 cm³/mol. The number of hydrogen-bond donors (Lipinski definition) is 2. The van der Waals surface area contributed by atoms with Crippen LogP contribution in [0.1, 0.15) is 12.1 Å². The minimum Gasteiger partial charge on any atom is -0.481 e. The van der Waals surface area contributed by atoms with E-state index in [2.05, 4.69) is 10.3 Å². The highest BCUT2D eigenvalue weighted by molar-refractivity contribution is 7.13. The molecule has 7 heteroatoms. The van der Waals surface area contributed by atoms with Crippen LogP contribution in [-0.4, -0.2) is 16.1 Å². The molecular weight excluding hydrogens is 291 g/mol. The highest BCUT2D eigenvalue weighted by Crippen LogP contribution is 2.24. The van der Waals surface area contributed by atoms with E-state index >= 15 is 0 Å². The molecule has 0 spiro atoms. The molecule has 0 aliphatic rings. The summed E-state index contributed by atoms with van der Waals surface area (Å²) < 4.78 is 13.2. The molecule has 4 nitrogen and oxygen atoms in total. The molecule has 1 heterocycles.